The molecule has 0 aliphatic carbocycles. The van der Waals surface area contributed by atoms with Gasteiger partial charge in [0.1, 0.15) is 11.8 Å². The molecule has 7 nitrogen and oxygen atoms in total. The van der Waals surface area contributed by atoms with Crippen molar-refractivity contribution in [3.63, 3.8) is 0 Å². The number of hydrogen-bond acceptors (Lipinski definition) is 5. The summed E-state index contributed by atoms with van der Waals surface area (Å²) in [7, 11) is 3.00. The number of nitrogens with two attached hydrogens (primary N) is 1. The van der Waals surface area contributed by atoms with E-state index < -0.39 is 11.9 Å². The predicted octanol–water partition coefficient (Wildman–Crippen LogP) is 1.26. The molecule has 0 saturated carbocycles. The smallest absolute Gasteiger partial charge is 0.255 e. The standard InChI is InChI=1S/C17H25ClN4O3/c1-20-17(24)14(10-22-6-4-3-5-7-22)21-16(23)11-8-12(18)13(19)9-15(11)25-2/h8-9,14H,3-7,10,19H2,1-2H3,(H,20,24)(H,21,23). The molecule has 0 spiro atoms. The second-order valence-electron chi connectivity index (χ2n) is 6.08. The van der Waals surface area contributed by atoms with Gasteiger partial charge in [0, 0.05) is 19.7 Å². The first-order valence-corrected chi connectivity index (χ1v) is 8.72. The Morgan fingerprint density at radius 1 is 1.32 bits per heavy atom. The van der Waals surface area contributed by atoms with Gasteiger partial charge < -0.3 is 26.0 Å². The van der Waals surface area contributed by atoms with Crippen molar-refractivity contribution in [2.75, 3.05) is 39.5 Å². The van der Waals surface area contributed by atoms with Crippen molar-refractivity contribution in [3.8, 4) is 5.75 Å². The van der Waals surface area contributed by atoms with Gasteiger partial charge >= 0.3 is 0 Å². The zero-order valence-electron chi connectivity index (χ0n) is 14.6. The van der Waals surface area contributed by atoms with E-state index in [4.69, 9.17) is 22.1 Å². The molecular formula is C17H25ClN4O3. The monoisotopic (exact) mass is 368 g/mol. The number of nitrogens with zero attached hydrogens (tertiary/aromatic N) is 1. The van der Waals surface area contributed by atoms with Crippen LogP contribution < -0.4 is 21.1 Å². The van der Waals surface area contributed by atoms with Crippen molar-refractivity contribution < 1.29 is 14.3 Å². The SMILES string of the molecule is CNC(=O)C(CN1CCCCC1)NC(=O)c1cc(Cl)c(N)cc1OC. The quantitative estimate of drug-likeness (QED) is 0.657. The summed E-state index contributed by atoms with van der Waals surface area (Å²) >= 11 is 6.02. The summed E-state index contributed by atoms with van der Waals surface area (Å²) in [5, 5.41) is 5.65. The van der Waals surface area contributed by atoms with E-state index in [1.165, 1.54) is 25.7 Å². The van der Waals surface area contributed by atoms with Gasteiger partial charge in [-0.1, -0.05) is 18.0 Å². The molecule has 8 heteroatoms. The maximum absolute atomic E-state index is 12.7. The molecule has 1 unspecified atom stereocenters. The van der Waals surface area contributed by atoms with Crippen molar-refractivity contribution in [1.29, 1.82) is 0 Å². The Morgan fingerprint density at radius 2 is 2.00 bits per heavy atom. The van der Waals surface area contributed by atoms with Crippen LogP contribution in [-0.2, 0) is 4.79 Å². The fourth-order valence-corrected chi connectivity index (χ4v) is 3.08. The number of carbonyl (C=O) groups excluding carboxylic acids is 2. The Morgan fingerprint density at radius 3 is 2.60 bits per heavy atom. The molecular weight excluding hydrogens is 344 g/mol. The number of anilines is 1. The number of halogens is 1. The van der Waals surface area contributed by atoms with Gasteiger partial charge in [-0.25, -0.2) is 0 Å². The maximum Gasteiger partial charge on any atom is 0.255 e. The Bertz CT molecular complexity index is 633. The molecule has 2 amide bonds. The summed E-state index contributed by atoms with van der Waals surface area (Å²) in [6.45, 7) is 2.33. The second kappa shape index (κ2) is 8.92. The molecule has 138 valence electrons. The van der Waals surface area contributed by atoms with Crippen molar-refractivity contribution in [2.45, 2.75) is 25.3 Å². The number of nitrogens with one attached hydrogen (secondary N) is 2. The number of likely N-dealkylation sites (N-methyl/N-ethyl adjacent to an activating group) is 1. The number of methoxy groups -OCH3 is 1. The number of rotatable bonds is 6. The molecule has 1 saturated heterocycles. The summed E-state index contributed by atoms with van der Waals surface area (Å²) in [5.74, 6) is -0.350. The van der Waals surface area contributed by atoms with E-state index in [0.717, 1.165) is 25.9 Å². The maximum atomic E-state index is 12.7. The van der Waals surface area contributed by atoms with Crippen LogP contribution in [0.3, 0.4) is 0 Å². The summed E-state index contributed by atoms with van der Waals surface area (Å²) in [5.41, 5.74) is 6.32. The molecule has 0 radical (unpaired) electrons. The van der Waals surface area contributed by atoms with Crippen molar-refractivity contribution in [2.24, 2.45) is 0 Å². The van der Waals surface area contributed by atoms with E-state index in [-0.39, 0.29) is 16.5 Å². The summed E-state index contributed by atoms with van der Waals surface area (Å²) < 4.78 is 5.21. The minimum Gasteiger partial charge on any atom is -0.496 e. The first kappa shape index (κ1) is 19.3. The van der Waals surface area contributed by atoms with Crippen LogP contribution in [0.5, 0.6) is 5.75 Å². The zero-order valence-corrected chi connectivity index (χ0v) is 15.4. The molecule has 2 rings (SSSR count). The van der Waals surface area contributed by atoms with Crippen molar-refractivity contribution in [1.82, 2.24) is 15.5 Å². The lowest BCUT2D eigenvalue weighted by Crippen LogP contribution is -2.52. The van der Waals surface area contributed by atoms with Gasteiger partial charge in [-0.15, -0.1) is 0 Å². The number of benzene rings is 1. The minimum absolute atomic E-state index is 0.237. The number of ether oxygens (including phenoxy) is 1. The van der Waals surface area contributed by atoms with Crippen LogP contribution in [0.2, 0.25) is 5.02 Å². The topological polar surface area (TPSA) is 96.7 Å². The molecule has 1 aliphatic heterocycles. The molecule has 1 heterocycles. The molecule has 4 N–H and O–H groups in total. The third kappa shape index (κ3) is 4.99. The predicted molar refractivity (Wildman–Crippen MR) is 98.0 cm³/mol. The highest BCUT2D eigenvalue weighted by atomic mass is 35.5. The second-order valence-corrected chi connectivity index (χ2v) is 6.48. The van der Waals surface area contributed by atoms with E-state index in [1.807, 2.05) is 0 Å². The lowest BCUT2D eigenvalue weighted by Gasteiger charge is -2.30. The summed E-state index contributed by atoms with van der Waals surface area (Å²) in [6, 6.07) is 2.29. The van der Waals surface area contributed by atoms with Crippen LogP contribution in [-0.4, -0.2) is 56.5 Å². The number of amides is 2. The van der Waals surface area contributed by atoms with E-state index in [0.29, 0.717) is 18.0 Å². The van der Waals surface area contributed by atoms with E-state index in [2.05, 4.69) is 15.5 Å². The van der Waals surface area contributed by atoms with Gasteiger partial charge in [0.2, 0.25) is 5.91 Å². The minimum atomic E-state index is -0.656. The number of likely N-dealkylation sites (tertiary alicyclic amines) is 1. The Hall–Kier alpha value is -1.99. The largest absolute Gasteiger partial charge is 0.496 e. The molecule has 1 aromatic rings. The van der Waals surface area contributed by atoms with E-state index >= 15 is 0 Å². The van der Waals surface area contributed by atoms with Gasteiger partial charge in [-0.05, 0) is 32.0 Å². The Labute approximate surface area is 152 Å². The average molecular weight is 369 g/mol. The van der Waals surface area contributed by atoms with E-state index in [1.54, 1.807) is 7.05 Å². The summed E-state index contributed by atoms with van der Waals surface area (Å²) in [6.07, 6.45) is 3.42. The number of hydrogen-bond donors (Lipinski definition) is 3. The number of carbonyl (C=O) groups is 2. The molecule has 0 bridgehead atoms. The first-order valence-electron chi connectivity index (χ1n) is 8.34. The fourth-order valence-electron chi connectivity index (χ4n) is 2.92. The lowest BCUT2D eigenvalue weighted by atomic mass is 10.1. The van der Waals surface area contributed by atoms with Crippen molar-refractivity contribution in [3.05, 3.63) is 22.7 Å². The number of piperidine rings is 1. The highest BCUT2D eigenvalue weighted by molar-refractivity contribution is 6.33. The van der Waals surface area contributed by atoms with Crippen LogP contribution in [0.4, 0.5) is 5.69 Å². The van der Waals surface area contributed by atoms with Gasteiger partial charge in [-0.3, -0.25) is 9.59 Å². The molecule has 0 aromatic heterocycles. The van der Waals surface area contributed by atoms with Crippen LogP contribution >= 0.6 is 11.6 Å². The molecule has 1 atom stereocenters. The van der Waals surface area contributed by atoms with Crippen LogP contribution in [0, 0.1) is 0 Å². The van der Waals surface area contributed by atoms with Crippen LogP contribution in [0.15, 0.2) is 12.1 Å². The molecule has 1 aromatic carbocycles. The third-order valence-corrected chi connectivity index (χ3v) is 4.65. The van der Waals surface area contributed by atoms with E-state index in [9.17, 15) is 9.59 Å². The average Bonchev–Trinajstić information content (AvgIpc) is 2.63. The lowest BCUT2D eigenvalue weighted by molar-refractivity contribution is -0.123. The Balaban J connectivity index is 2.16. The van der Waals surface area contributed by atoms with Crippen LogP contribution in [0.25, 0.3) is 0 Å². The highest BCUT2D eigenvalue weighted by Crippen LogP contribution is 2.28. The van der Waals surface area contributed by atoms with Gasteiger partial charge in [0.15, 0.2) is 0 Å². The van der Waals surface area contributed by atoms with Gasteiger partial charge in [0.25, 0.3) is 5.91 Å². The molecule has 25 heavy (non-hydrogen) atoms. The van der Waals surface area contributed by atoms with Crippen LogP contribution in [0.1, 0.15) is 29.6 Å². The number of nitrogen functional groups attached to an aromatic ring is 1. The third-order valence-electron chi connectivity index (χ3n) is 4.32. The normalized spacial score (nSPS) is 16.1. The van der Waals surface area contributed by atoms with Gasteiger partial charge in [-0.2, -0.15) is 0 Å². The summed E-state index contributed by atoms with van der Waals surface area (Å²) in [4.78, 5) is 27.1. The van der Waals surface area contributed by atoms with Crippen molar-refractivity contribution >= 4 is 29.1 Å². The first-order chi connectivity index (χ1) is 12.0. The zero-order chi connectivity index (χ0) is 18.4. The molecule has 1 fully saturated rings. The van der Waals surface area contributed by atoms with Gasteiger partial charge in [0.05, 0.1) is 23.4 Å². The fraction of sp³-hybridized carbons (Fsp3) is 0.529. The Kier molecular flexibility index (Phi) is 6.90. The highest BCUT2D eigenvalue weighted by Gasteiger charge is 2.25. The molecule has 1 aliphatic rings.